The van der Waals surface area contributed by atoms with Gasteiger partial charge in [0.1, 0.15) is 0 Å². The van der Waals surface area contributed by atoms with E-state index in [9.17, 15) is 5.11 Å². The van der Waals surface area contributed by atoms with E-state index in [-0.39, 0.29) is 11.5 Å². The third kappa shape index (κ3) is 2.03. The molecule has 0 bridgehead atoms. The molecule has 4 aliphatic carbocycles. The Kier molecular flexibility index (Phi) is 3.82. The Morgan fingerprint density at radius 2 is 1.75 bits per heavy atom. The van der Waals surface area contributed by atoms with Crippen LogP contribution in [0.15, 0.2) is 11.6 Å². The molecular weight excluding hydrogens is 292 g/mol. The molecule has 7 atom stereocenters. The molecule has 0 saturated heterocycles. The molecule has 0 aromatic rings. The maximum absolute atomic E-state index is 10.6. The number of hydrogen-bond donors (Lipinski definition) is 1. The van der Waals surface area contributed by atoms with E-state index in [0.717, 1.165) is 30.1 Å². The summed E-state index contributed by atoms with van der Waals surface area (Å²) in [6.07, 6.45) is 13.1. The fourth-order valence-corrected chi connectivity index (χ4v) is 8.17. The van der Waals surface area contributed by atoms with Crippen molar-refractivity contribution in [3.05, 3.63) is 11.6 Å². The molecule has 0 spiro atoms. The van der Waals surface area contributed by atoms with Crippen LogP contribution in [0.2, 0.25) is 0 Å². The Bertz CT molecular complexity index is 546. The van der Waals surface area contributed by atoms with Gasteiger partial charge in [-0.3, -0.25) is 0 Å². The molecule has 1 heteroatoms. The van der Waals surface area contributed by atoms with Crippen LogP contribution in [0.5, 0.6) is 0 Å². The molecule has 0 aromatic carbocycles. The summed E-state index contributed by atoms with van der Waals surface area (Å²) < 4.78 is 0. The normalized spacial score (nSPS) is 52.9. The molecule has 1 N–H and O–H groups in total. The minimum Gasteiger partial charge on any atom is -0.392 e. The monoisotopic (exact) mass is 330 g/mol. The number of fused-ring (bicyclic) bond motifs is 5. The van der Waals surface area contributed by atoms with E-state index in [1.54, 1.807) is 5.57 Å². The Hall–Kier alpha value is -0.300. The van der Waals surface area contributed by atoms with Crippen LogP contribution < -0.4 is 0 Å². The largest absolute Gasteiger partial charge is 0.392 e. The molecular formula is C23H38O. The summed E-state index contributed by atoms with van der Waals surface area (Å²) in [5.74, 6) is 3.68. The Balaban J connectivity index is 1.71. The van der Waals surface area contributed by atoms with Crippen molar-refractivity contribution in [3.63, 3.8) is 0 Å². The summed E-state index contributed by atoms with van der Waals surface area (Å²) >= 11 is 0. The molecule has 0 radical (unpaired) electrons. The van der Waals surface area contributed by atoms with Crippen molar-refractivity contribution in [2.45, 2.75) is 92.1 Å². The molecule has 0 aliphatic heterocycles. The zero-order valence-corrected chi connectivity index (χ0v) is 16.6. The van der Waals surface area contributed by atoms with E-state index < -0.39 is 0 Å². The number of rotatable bonds is 1. The van der Waals surface area contributed by atoms with Gasteiger partial charge in [0.05, 0.1) is 6.10 Å². The molecule has 24 heavy (non-hydrogen) atoms. The molecule has 136 valence electrons. The Labute approximate surface area is 149 Å². The first kappa shape index (κ1) is 17.1. The molecule has 0 unspecified atom stereocenters. The number of allylic oxidation sites excluding steroid dienone is 1. The summed E-state index contributed by atoms with van der Waals surface area (Å²) in [6.45, 7) is 12.2. The maximum Gasteiger partial charge on any atom is 0.0628 e. The highest BCUT2D eigenvalue weighted by Gasteiger charge is 2.60. The van der Waals surface area contributed by atoms with E-state index in [1.165, 1.54) is 44.9 Å². The Morgan fingerprint density at radius 3 is 2.46 bits per heavy atom. The average Bonchev–Trinajstić information content (AvgIpc) is 2.88. The van der Waals surface area contributed by atoms with Gasteiger partial charge >= 0.3 is 0 Å². The zero-order chi connectivity index (χ0) is 17.3. The molecule has 0 aromatic heterocycles. The first-order chi connectivity index (χ1) is 11.2. The van der Waals surface area contributed by atoms with E-state index in [0.29, 0.717) is 10.8 Å². The number of hydrogen-bond acceptors (Lipinski definition) is 1. The smallest absolute Gasteiger partial charge is 0.0628 e. The molecule has 1 nitrogen and oxygen atoms in total. The second-order valence-electron chi connectivity index (χ2n) is 10.7. The van der Waals surface area contributed by atoms with Gasteiger partial charge in [0, 0.05) is 5.41 Å². The fraction of sp³-hybridized carbons (Fsp3) is 0.913. The molecule has 4 rings (SSSR count). The van der Waals surface area contributed by atoms with E-state index in [1.807, 2.05) is 0 Å². The summed E-state index contributed by atoms with van der Waals surface area (Å²) in [5.41, 5.74) is 2.53. The highest BCUT2D eigenvalue weighted by atomic mass is 16.3. The van der Waals surface area contributed by atoms with Gasteiger partial charge in [0.2, 0.25) is 0 Å². The van der Waals surface area contributed by atoms with Crippen molar-refractivity contribution in [2.75, 3.05) is 0 Å². The summed E-state index contributed by atoms with van der Waals surface area (Å²) in [7, 11) is 0. The number of aliphatic hydroxyl groups excluding tert-OH is 1. The van der Waals surface area contributed by atoms with Crippen LogP contribution in [0.3, 0.4) is 0 Å². The third-order valence-electron chi connectivity index (χ3n) is 9.62. The zero-order valence-electron chi connectivity index (χ0n) is 16.6. The molecule has 3 saturated carbocycles. The van der Waals surface area contributed by atoms with E-state index in [4.69, 9.17) is 0 Å². The van der Waals surface area contributed by atoms with Gasteiger partial charge in [-0.1, -0.05) is 52.7 Å². The van der Waals surface area contributed by atoms with Gasteiger partial charge in [-0.15, -0.1) is 0 Å². The molecule has 3 fully saturated rings. The van der Waals surface area contributed by atoms with E-state index >= 15 is 0 Å². The second-order valence-corrected chi connectivity index (χ2v) is 10.7. The summed E-state index contributed by atoms with van der Waals surface area (Å²) in [4.78, 5) is 0. The lowest BCUT2D eigenvalue weighted by Gasteiger charge is -2.61. The van der Waals surface area contributed by atoms with Crippen molar-refractivity contribution in [2.24, 2.45) is 39.9 Å². The van der Waals surface area contributed by atoms with Gasteiger partial charge in [0.25, 0.3) is 0 Å². The van der Waals surface area contributed by atoms with Crippen molar-refractivity contribution in [1.82, 2.24) is 0 Å². The topological polar surface area (TPSA) is 20.2 Å². The van der Waals surface area contributed by atoms with E-state index in [2.05, 4.69) is 40.7 Å². The van der Waals surface area contributed by atoms with Crippen LogP contribution in [0.4, 0.5) is 0 Å². The van der Waals surface area contributed by atoms with Gasteiger partial charge in [0.15, 0.2) is 0 Å². The lowest BCUT2D eigenvalue weighted by atomic mass is 9.44. The minimum atomic E-state index is -0.154. The van der Waals surface area contributed by atoms with Crippen molar-refractivity contribution in [3.8, 4) is 0 Å². The lowest BCUT2D eigenvalue weighted by molar-refractivity contribution is -0.0737. The van der Waals surface area contributed by atoms with Gasteiger partial charge in [-0.05, 0) is 79.4 Å². The third-order valence-corrected chi connectivity index (χ3v) is 9.62. The van der Waals surface area contributed by atoms with Crippen molar-refractivity contribution < 1.29 is 5.11 Å². The molecule has 0 amide bonds. The first-order valence-corrected chi connectivity index (χ1v) is 10.6. The fourth-order valence-electron chi connectivity index (χ4n) is 8.17. The van der Waals surface area contributed by atoms with Crippen LogP contribution in [0.25, 0.3) is 0 Å². The van der Waals surface area contributed by atoms with Gasteiger partial charge < -0.3 is 5.11 Å². The Morgan fingerprint density at radius 1 is 1.00 bits per heavy atom. The lowest BCUT2D eigenvalue weighted by Crippen LogP contribution is -2.54. The second kappa shape index (κ2) is 5.35. The maximum atomic E-state index is 10.6. The van der Waals surface area contributed by atoms with Crippen molar-refractivity contribution >= 4 is 0 Å². The SMILES string of the molecule is CC[C@H]1CC[C@H]2[C@@H]3CC=C4C(C)(C)[C@@H](O)CC[C@]4(C)[C@H]3CC[C@]12C. The molecule has 4 aliphatic rings. The van der Waals surface area contributed by atoms with Crippen LogP contribution in [0, 0.1) is 39.9 Å². The van der Waals surface area contributed by atoms with Gasteiger partial charge in [-0.2, -0.15) is 0 Å². The summed E-state index contributed by atoms with van der Waals surface area (Å²) in [5, 5.41) is 10.6. The number of aliphatic hydroxyl groups is 1. The van der Waals surface area contributed by atoms with Crippen LogP contribution in [-0.4, -0.2) is 11.2 Å². The standard InChI is InChI=1S/C23H38O/c1-6-15-7-9-17-16-8-10-19-21(2,3)20(24)12-14-23(19,5)18(16)11-13-22(15,17)4/h10,15-18,20,24H,6-9,11-14H2,1-5H3/t15-,16-,17-,18-,20-,22+,23+/m0/s1. The highest BCUT2D eigenvalue weighted by molar-refractivity contribution is 5.31. The minimum absolute atomic E-state index is 0.0274. The average molecular weight is 331 g/mol. The van der Waals surface area contributed by atoms with Crippen LogP contribution >= 0.6 is 0 Å². The quantitative estimate of drug-likeness (QED) is 0.587. The predicted octanol–water partition coefficient (Wildman–Crippen LogP) is 5.97. The molecule has 0 heterocycles. The highest BCUT2D eigenvalue weighted by Crippen LogP contribution is 2.68. The summed E-state index contributed by atoms with van der Waals surface area (Å²) in [6, 6.07) is 0. The van der Waals surface area contributed by atoms with Crippen LogP contribution in [-0.2, 0) is 0 Å². The van der Waals surface area contributed by atoms with Crippen LogP contribution in [0.1, 0.15) is 86.0 Å². The van der Waals surface area contributed by atoms with Crippen molar-refractivity contribution in [1.29, 1.82) is 0 Å². The first-order valence-electron chi connectivity index (χ1n) is 10.6. The predicted molar refractivity (Wildman–Crippen MR) is 101 cm³/mol. The van der Waals surface area contributed by atoms with Gasteiger partial charge in [-0.25, -0.2) is 0 Å².